The van der Waals surface area contributed by atoms with Crippen molar-refractivity contribution in [3.63, 3.8) is 0 Å². The molecule has 1 aromatic heterocycles. The molecule has 0 bridgehead atoms. The van der Waals surface area contributed by atoms with Crippen LogP contribution in [0.25, 0.3) is 0 Å². The Morgan fingerprint density at radius 1 is 1.50 bits per heavy atom. The highest BCUT2D eigenvalue weighted by Crippen LogP contribution is 2.26. The minimum atomic E-state index is -0.712. The van der Waals surface area contributed by atoms with Crippen molar-refractivity contribution in [2.24, 2.45) is 11.8 Å². The number of amides is 1. The maximum Gasteiger partial charge on any atom is 0.226 e. The molecule has 0 saturated carbocycles. The minimum Gasteiger partial charge on any atom is -0.467 e. The summed E-state index contributed by atoms with van der Waals surface area (Å²) in [5, 5.41) is 10.3. The molecule has 1 saturated heterocycles. The number of nitrogens with zero attached hydrogens (tertiary/aromatic N) is 1. The molecule has 4 atom stereocenters. The van der Waals surface area contributed by atoms with E-state index in [0.717, 1.165) is 6.42 Å². The van der Waals surface area contributed by atoms with Crippen molar-refractivity contribution < 1.29 is 19.1 Å². The van der Waals surface area contributed by atoms with E-state index in [4.69, 9.17) is 9.15 Å². The Kier molecular flexibility index (Phi) is 6.03. The van der Waals surface area contributed by atoms with E-state index in [0.29, 0.717) is 37.9 Å². The maximum atomic E-state index is 12.7. The molecule has 0 aliphatic carbocycles. The van der Waals surface area contributed by atoms with Crippen molar-refractivity contribution in [2.75, 3.05) is 19.8 Å². The van der Waals surface area contributed by atoms with Crippen LogP contribution in [-0.4, -0.2) is 41.7 Å². The van der Waals surface area contributed by atoms with Crippen LogP contribution in [0.5, 0.6) is 0 Å². The highest BCUT2D eigenvalue weighted by atomic mass is 16.5. The lowest BCUT2D eigenvalue weighted by atomic mass is 9.91. The van der Waals surface area contributed by atoms with Crippen LogP contribution in [-0.2, 0) is 9.53 Å². The van der Waals surface area contributed by atoms with Crippen LogP contribution in [0, 0.1) is 11.8 Å². The minimum absolute atomic E-state index is 0.00800. The Hall–Kier alpha value is -1.33. The van der Waals surface area contributed by atoms with Gasteiger partial charge >= 0.3 is 0 Å². The summed E-state index contributed by atoms with van der Waals surface area (Å²) < 4.78 is 10.8. The fraction of sp³-hybridized carbons (Fsp3) is 0.706. The summed E-state index contributed by atoms with van der Waals surface area (Å²) >= 11 is 0. The van der Waals surface area contributed by atoms with Gasteiger partial charge in [-0.15, -0.1) is 0 Å². The van der Waals surface area contributed by atoms with Gasteiger partial charge in [0.2, 0.25) is 5.91 Å². The number of carbonyl (C=O) groups excluding carboxylic acids is 1. The lowest BCUT2D eigenvalue weighted by Crippen LogP contribution is -2.51. The monoisotopic (exact) mass is 309 g/mol. The number of furan rings is 1. The van der Waals surface area contributed by atoms with E-state index in [1.165, 1.54) is 0 Å². The van der Waals surface area contributed by atoms with Crippen LogP contribution >= 0.6 is 0 Å². The normalized spacial score (nSPS) is 23.1. The third kappa shape index (κ3) is 3.90. The number of hydrogen-bond acceptors (Lipinski definition) is 4. The van der Waals surface area contributed by atoms with Crippen molar-refractivity contribution >= 4 is 5.91 Å². The molecule has 5 heteroatoms. The molecule has 1 N–H and O–H groups in total. The molecule has 5 nitrogen and oxygen atoms in total. The van der Waals surface area contributed by atoms with Gasteiger partial charge < -0.3 is 19.2 Å². The molecule has 2 rings (SSSR count). The number of carbonyl (C=O) groups is 1. The molecular formula is C17H27NO4. The van der Waals surface area contributed by atoms with Gasteiger partial charge in [-0.25, -0.2) is 0 Å². The second-order valence-electron chi connectivity index (χ2n) is 6.20. The van der Waals surface area contributed by atoms with Gasteiger partial charge in [0, 0.05) is 18.9 Å². The van der Waals surface area contributed by atoms with E-state index in [2.05, 4.69) is 13.8 Å². The number of hydrogen-bond donors (Lipinski definition) is 1. The number of ether oxygens (including phenoxy) is 1. The van der Waals surface area contributed by atoms with Gasteiger partial charge in [0.1, 0.15) is 11.9 Å². The second-order valence-corrected chi connectivity index (χ2v) is 6.20. The van der Waals surface area contributed by atoms with Crippen molar-refractivity contribution in [3.8, 4) is 0 Å². The topological polar surface area (TPSA) is 62.9 Å². The number of rotatable bonds is 6. The molecule has 1 amide bonds. The predicted octanol–water partition coefficient (Wildman–Crippen LogP) is 2.61. The third-order valence-corrected chi connectivity index (χ3v) is 4.76. The van der Waals surface area contributed by atoms with E-state index in [1.807, 2.05) is 11.8 Å². The second kappa shape index (κ2) is 7.79. The molecule has 4 unspecified atom stereocenters. The molecule has 1 aromatic rings. The smallest absolute Gasteiger partial charge is 0.226 e. The van der Waals surface area contributed by atoms with Crippen molar-refractivity contribution in [1.29, 1.82) is 0 Å². The maximum absolute atomic E-state index is 12.7. The van der Waals surface area contributed by atoms with Gasteiger partial charge in [-0.3, -0.25) is 4.79 Å². The Morgan fingerprint density at radius 2 is 2.27 bits per heavy atom. The average molecular weight is 309 g/mol. The van der Waals surface area contributed by atoms with Gasteiger partial charge in [0.25, 0.3) is 0 Å². The molecule has 0 spiro atoms. The van der Waals surface area contributed by atoms with E-state index in [9.17, 15) is 9.90 Å². The van der Waals surface area contributed by atoms with E-state index >= 15 is 0 Å². The first-order valence-electron chi connectivity index (χ1n) is 8.14. The summed E-state index contributed by atoms with van der Waals surface area (Å²) in [6, 6.07) is 3.40. The van der Waals surface area contributed by atoms with Gasteiger partial charge in [0.15, 0.2) is 0 Å². The average Bonchev–Trinajstić information content (AvgIpc) is 3.07. The molecule has 22 heavy (non-hydrogen) atoms. The van der Waals surface area contributed by atoms with Crippen LogP contribution < -0.4 is 0 Å². The van der Waals surface area contributed by atoms with Crippen LogP contribution in [0.3, 0.4) is 0 Å². The SMILES string of the molecule is CCC(C)C(C)C(=O)N1CCOCC1CC(O)c1ccco1. The van der Waals surface area contributed by atoms with Crippen LogP contribution in [0.4, 0.5) is 0 Å². The predicted molar refractivity (Wildman–Crippen MR) is 83.2 cm³/mol. The van der Waals surface area contributed by atoms with Crippen molar-refractivity contribution in [2.45, 2.75) is 45.8 Å². The first-order chi connectivity index (χ1) is 10.5. The molecule has 2 heterocycles. The fourth-order valence-corrected chi connectivity index (χ4v) is 2.85. The Bertz CT molecular complexity index is 459. The largest absolute Gasteiger partial charge is 0.467 e. The van der Waals surface area contributed by atoms with E-state index in [1.54, 1.807) is 18.4 Å². The number of aliphatic hydroxyl groups is 1. The van der Waals surface area contributed by atoms with Gasteiger partial charge in [-0.2, -0.15) is 0 Å². The highest BCUT2D eigenvalue weighted by molar-refractivity contribution is 5.79. The van der Waals surface area contributed by atoms with E-state index < -0.39 is 6.10 Å². The van der Waals surface area contributed by atoms with E-state index in [-0.39, 0.29) is 17.9 Å². The molecule has 1 aliphatic heterocycles. The Morgan fingerprint density at radius 3 is 2.91 bits per heavy atom. The molecule has 0 radical (unpaired) electrons. The van der Waals surface area contributed by atoms with Crippen LogP contribution in [0.1, 0.15) is 45.5 Å². The van der Waals surface area contributed by atoms with Crippen molar-refractivity contribution in [3.05, 3.63) is 24.2 Å². The quantitative estimate of drug-likeness (QED) is 0.877. The zero-order valence-corrected chi connectivity index (χ0v) is 13.7. The lowest BCUT2D eigenvalue weighted by molar-refractivity contribution is -0.146. The van der Waals surface area contributed by atoms with Crippen LogP contribution in [0.15, 0.2) is 22.8 Å². The first kappa shape index (κ1) is 17.0. The summed E-state index contributed by atoms with van der Waals surface area (Å²) in [5.74, 6) is 1.04. The van der Waals surface area contributed by atoms with Gasteiger partial charge in [0.05, 0.1) is 25.5 Å². The van der Waals surface area contributed by atoms with Gasteiger partial charge in [-0.05, 0) is 18.1 Å². The number of morpholine rings is 1. The highest BCUT2D eigenvalue weighted by Gasteiger charge is 2.33. The zero-order valence-electron chi connectivity index (χ0n) is 13.7. The molecular weight excluding hydrogens is 282 g/mol. The Balaban J connectivity index is 2.03. The molecule has 1 fully saturated rings. The standard InChI is InChI=1S/C17H27NO4/c1-4-12(2)13(3)17(20)18-7-9-21-11-14(18)10-15(19)16-6-5-8-22-16/h5-6,8,12-15,19H,4,7,9-11H2,1-3H3. The van der Waals surface area contributed by atoms with Crippen molar-refractivity contribution in [1.82, 2.24) is 4.90 Å². The third-order valence-electron chi connectivity index (χ3n) is 4.76. The summed E-state index contributed by atoms with van der Waals surface area (Å²) in [4.78, 5) is 14.6. The molecule has 1 aliphatic rings. The first-order valence-corrected chi connectivity index (χ1v) is 8.14. The lowest BCUT2D eigenvalue weighted by Gasteiger charge is -2.38. The summed E-state index contributed by atoms with van der Waals surface area (Å²) in [6.07, 6.45) is 2.25. The Labute approximate surface area is 132 Å². The number of aliphatic hydroxyl groups excluding tert-OH is 1. The molecule has 0 aromatic carbocycles. The molecule has 124 valence electrons. The van der Waals surface area contributed by atoms with Crippen LogP contribution in [0.2, 0.25) is 0 Å². The summed E-state index contributed by atoms with van der Waals surface area (Å²) in [5.41, 5.74) is 0. The zero-order chi connectivity index (χ0) is 16.1. The fourth-order valence-electron chi connectivity index (χ4n) is 2.85. The summed E-state index contributed by atoms with van der Waals surface area (Å²) in [6.45, 7) is 7.83. The summed E-state index contributed by atoms with van der Waals surface area (Å²) in [7, 11) is 0. The van der Waals surface area contributed by atoms with Gasteiger partial charge in [-0.1, -0.05) is 27.2 Å².